The number of carboxylic acids is 1. The van der Waals surface area contributed by atoms with Crippen LogP contribution in [0.3, 0.4) is 0 Å². The Bertz CT molecular complexity index is 838. The van der Waals surface area contributed by atoms with Crippen molar-refractivity contribution in [3.8, 4) is 6.07 Å². The number of hydrogen-bond acceptors (Lipinski definition) is 4. The molecule has 2 N–H and O–H groups in total. The Labute approximate surface area is 121 Å². The second-order valence-corrected chi connectivity index (χ2v) is 5.81. The Balaban J connectivity index is 2.36. The van der Waals surface area contributed by atoms with Crippen LogP contribution in [0.4, 0.5) is 5.69 Å². The van der Waals surface area contributed by atoms with E-state index in [0.717, 1.165) is 6.07 Å². The number of rotatable bonds is 4. The van der Waals surface area contributed by atoms with Gasteiger partial charge in [0.25, 0.3) is 10.0 Å². The quantitative estimate of drug-likeness (QED) is 0.898. The molecule has 0 spiro atoms. The Morgan fingerprint density at radius 1 is 1.14 bits per heavy atom. The summed E-state index contributed by atoms with van der Waals surface area (Å²) in [6.07, 6.45) is 0. The van der Waals surface area contributed by atoms with Gasteiger partial charge in [0, 0.05) is 0 Å². The zero-order valence-electron chi connectivity index (χ0n) is 10.6. The van der Waals surface area contributed by atoms with Crippen molar-refractivity contribution in [3.05, 3.63) is 59.7 Å². The van der Waals surface area contributed by atoms with Gasteiger partial charge >= 0.3 is 5.97 Å². The van der Waals surface area contributed by atoms with Gasteiger partial charge in [0.2, 0.25) is 0 Å². The highest BCUT2D eigenvalue weighted by Crippen LogP contribution is 2.18. The smallest absolute Gasteiger partial charge is 0.335 e. The van der Waals surface area contributed by atoms with Crippen molar-refractivity contribution in [1.82, 2.24) is 0 Å². The first-order valence-electron chi connectivity index (χ1n) is 5.79. The predicted octanol–water partition coefficient (Wildman–Crippen LogP) is 2.06. The van der Waals surface area contributed by atoms with Gasteiger partial charge in [0.05, 0.1) is 27.8 Å². The minimum atomic E-state index is -3.92. The molecule has 0 fully saturated rings. The lowest BCUT2D eigenvalue weighted by Gasteiger charge is -2.08. The van der Waals surface area contributed by atoms with E-state index in [1.807, 2.05) is 6.07 Å². The number of benzene rings is 2. The van der Waals surface area contributed by atoms with E-state index in [4.69, 9.17) is 10.4 Å². The van der Waals surface area contributed by atoms with Gasteiger partial charge in [0.1, 0.15) is 0 Å². The average molecular weight is 302 g/mol. The topological polar surface area (TPSA) is 107 Å². The van der Waals surface area contributed by atoms with Crippen LogP contribution in [0.5, 0.6) is 0 Å². The van der Waals surface area contributed by atoms with Crippen molar-refractivity contribution in [2.45, 2.75) is 4.90 Å². The molecule has 0 aliphatic rings. The van der Waals surface area contributed by atoms with Gasteiger partial charge < -0.3 is 5.11 Å². The summed E-state index contributed by atoms with van der Waals surface area (Å²) in [5, 5.41) is 17.7. The number of nitrogens with one attached hydrogen (secondary N) is 1. The number of sulfonamides is 1. The molecule has 0 unspecified atom stereocenters. The molecule has 0 aliphatic heterocycles. The third-order valence-corrected chi connectivity index (χ3v) is 4.01. The fourth-order valence-corrected chi connectivity index (χ4v) is 2.76. The molecule has 7 heteroatoms. The van der Waals surface area contributed by atoms with Gasteiger partial charge in [-0.15, -0.1) is 0 Å². The Morgan fingerprint density at radius 2 is 1.86 bits per heavy atom. The number of nitriles is 1. The van der Waals surface area contributed by atoms with E-state index in [-0.39, 0.29) is 16.1 Å². The molecule has 0 atom stereocenters. The molecule has 2 aromatic rings. The summed E-state index contributed by atoms with van der Waals surface area (Å²) in [6.45, 7) is 0. The lowest BCUT2D eigenvalue weighted by molar-refractivity contribution is 0.0696. The molecule has 0 heterocycles. The molecule has 0 aromatic heterocycles. The number of aromatic carboxylic acids is 1. The standard InChI is InChI=1S/C14H10N2O4S/c15-9-10-3-1-5-12(7-10)16-21(19,20)13-6-2-4-11(8-13)14(17)18/h1-8,16H,(H,17,18). The van der Waals surface area contributed by atoms with Gasteiger partial charge in [-0.1, -0.05) is 12.1 Å². The monoisotopic (exact) mass is 302 g/mol. The van der Waals surface area contributed by atoms with Crippen LogP contribution in [0, 0.1) is 11.3 Å². The van der Waals surface area contributed by atoms with Crippen molar-refractivity contribution in [2.75, 3.05) is 4.72 Å². The molecule has 0 bridgehead atoms. The van der Waals surface area contributed by atoms with Crippen LogP contribution >= 0.6 is 0 Å². The Morgan fingerprint density at radius 3 is 2.52 bits per heavy atom. The van der Waals surface area contributed by atoms with Crippen LogP contribution in [-0.2, 0) is 10.0 Å². The number of carboxylic acid groups (broad SMARTS) is 1. The molecule has 106 valence electrons. The predicted molar refractivity (Wildman–Crippen MR) is 75.4 cm³/mol. The molecule has 0 saturated carbocycles. The number of hydrogen-bond donors (Lipinski definition) is 2. The van der Waals surface area contributed by atoms with Crippen molar-refractivity contribution < 1.29 is 18.3 Å². The number of anilines is 1. The van der Waals surface area contributed by atoms with E-state index >= 15 is 0 Å². The number of carbonyl (C=O) groups is 1. The lowest BCUT2D eigenvalue weighted by atomic mass is 10.2. The van der Waals surface area contributed by atoms with Crippen LogP contribution in [0.15, 0.2) is 53.4 Å². The second-order valence-electron chi connectivity index (χ2n) is 4.13. The van der Waals surface area contributed by atoms with E-state index in [1.165, 1.54) is 30.3 Å². The molecule has 6 nitrogen and oxygen atoms in total. The fraction of sp³-hybridized carbons (Fsp3) is 0. The summed E-state index contributed by atoms with van der Waals surface area (Å²) in [5.41, 5.74) is 0.424. The van der Waals surface area contributed by atoms with Crippen LogP contribution < -0.4 is 4.72 Å². The van der Waals surface area contributed by atoms with Gasteiger partial charge in [-0.05, 0) is 36.4 Å². The molecule has 0 radical (unpaired) electrons. The van der Waals surface area contributed by atoms with E-state index in [1.54, 1.807) is 12.1 Å². The van der Waals surface area contributed by atoms with Crippen molar-refractivity contribution in [1.29, 1.82) is 5.26 Å². The van der Waals surface area contributed by atoms with E-state index < -0.39 is 16.0 Å². The highest BCUT2D eigenvalue weighted by molar-refractivity contribution is 7.92. The third-order valence-electron chi connectivity index (χ3n) is 2.64. The van der Waals surface area contributed by atoms with Crippen LogP contribution in [0.25, 0.3) is 0 Å². The van der Waals surface area contributed by atoms with Crippen molar-refractivity contribution in [3.63, 3.8) is 0 Å². The third kappa shape index (κ3) is 3.38. The van der Waals surface area contributed by atoms with E-state index in [0.29, 0.717) is 5.56 Å². The zero-order chi connectivity index (χ0) is 15.5. The first-order chi connectivity index (χ1) is 9.92. The molecular weight excluding hydrogens is 292 g/mol. The Kier molecular flexibility index (Phi) is 3.91. The SMILES string of the molecule is N#Cc1cccc(NS(=O)(=O)c2cccc(C(=O)O)c2)c1. The zero-order valence-corrected chi connectivity index (χ0v) is 11.5. The summed E-state index contributed by atoms with van der Waals surface area (Å²) in [4.78, 5) is 10.7. The lowest BCUT2D eigenvalue weighted by Crippen LogP contribution is -2.13. The highest BCUT2D eigenvalue weighted by atomic mass is 32.2. The summed E-state index contributed by atoms with van der Waals surface area (Å²) < 4.78 is 26.7. The van der Waals surface area contributed by atoms with Crippen molar-refractivity contribution >= 4 is 21.7 Å². The van der Waals surface area contributed by atoms with Gasteiger partial charge in [0.15, 0.2) is 0 Å². The average Bonchev–Trinajstić information content (AvgIpc) is 2.47. The molecule has 0 saturated heterocycles. The minimum Gasteiger partial charge on any atom is -0.478 e. The maximum atomic E-state index is 12.2. The maximum Gasteiger partial charge on any atom is 0.335 e. The summed E-state index contributed by atoms with van der Waals surface area (Å²) >= 11 is 0. The normalized spacial score (nSPS) is 10.6. The summed E-state index contributed by atoms with van der Waals surface area (Å²) in [7, 11) is -3.92. The fourth-order valence-electron chi connectivity index (χ4n) is 1.66. The maximum absolute atomic E-state index is 12.2. The van der Waals surface area contributed by atoms with E-state index in [9.17, 15) is 13.2 Å². The van der Waals surface area contributed by atoms with Crippen LogP contribution in [-0.4, -0.2) is 19.5 Å². The summed E-state index contributed by atoms with van der Waals surface area (Å²) in [5.74, 6) is -1.21. The highest BCUT2D eigenvalue weighted by Gasteiger charge is 2.16. The first kappa shape index (κ1) is 14.6. The molecule has 0 aliphatic carbocycles. The molecule has 2 rings (SSSR count). The second kappa shape index (κ2) is 5.64. The van der Waals surface area contributed by atoms with Crippen molar-refractivity contribution in [2.24, 2.45) is 0 Å². The van der Waals surface area contributed by atoms with Crippen LogP contribution in [0.2, 0.25) is 0 Å². The molecule has 0 amide bonds. The van der Waals surface area contributed by atoms with Crippen LogP contribution in [0.1, 0.15) is 15.9 Å². The first-order valence-corrected chi connectivity index (χ1v) is 7.27. The van der Waals surface area contributed by atoms with Gasteiger partial charge in [-0.2, -0.15) is 5.26 Å². The van der Waals surface area contributed by atoms with Gasteiger partial charge in [-0.25, -0.2) is 13.2 Å². The number of nitrogens with zero attached hydrogens (tertiary/aromatic N) is 1. The molecule has 2 aromatic carbocycles. The molecule has 21 heavy (non-hydrogen) atoms. The Hall–Kier alpha value is -2.85. The van der Waals surface area contributed by atoms with E-state index in [2.05, 4.69) is 4.72 Å². The molecular formula is C14H10N2O4S. The minimum absolute atomic E-state index is 0.122. The largest absolute Gasteiger partial charge is 0.478 e. The summed E-state index contributed by atoms with van der Waals surface area (Å²) in [6, 6.07) is 12.9. The van der Waals surface area contributed by atoms with Gasteiger partial charge in [-0.3, -0.25) is 4.72 Å².